The number of methoxy groups -OCH3 is 1. The van der Waals surface area contributed by atoms with Gasteiger partial charge in [-0.2, -0.15) is 4.98 Å². The largest absolute Gasteiger partial charge is 0.480 e. The number of aryl methyl sites for hydroxylation is 1. The monoisotopic (exact) mass is 521 g/mol. The number of carbonyl (C=O) groups is 1. The number of nitrogens with zero attached hydrogens (tertiary/aromatic N) is 3. The maximum atomic E-state index is 14.7. The smallest absolute Gasteiger partial charge is 0.317 e. The normalized spacial score (nSPS) is 12.6. The van der Waals surface area contributed by atoms with Crippen molar-refractivity contribution in [1.82, 2.24) is 15.0 Å². The molecule has 1 N–H and O–H groups in total. The molecule has 1 atom stereocenters. The Hall–Kier alpha value is -3.95. The highest BCUT2D eigenvalue weighted by atomic mass is 19.3. The van der Waals surface area contributed by atoms with Crippen LogP contribution in [-0.2, 0) is 15.5 Å². The number of carboxylic acids is 1. The quantitative estimate of drug-likeness (QED) is 0.266. The van der Waals surface area contributed by atoms with Crippen LogP contribution in [0.15, 0.2) is 71.3 Å². The van der Waals surface area contributed by atoms with E-state index in [1.54, 1.807) is 43.3 Å². The van der Waals surface area contributed by atoms with Crippen LogP contribution in [-0.4, -0.2) is 53.4 Å². The Morgan fingerprint density at radius 2 is 1.76 bits per heavy atom. The zero-order chi connectivity index (χ0) is 27.4. The van der Waals surface area contributed by atoms with Gasteiger partial charge in [-0.3, -0.25) is 9.69 Å². The van der Waals surface area contributed by atoms with Crippen molar-refractivity contribution in [3.8, 4) is 34.0 Å². The number of aliphatic carboxylic acids is 1. The highest BCUT2D eigenvalue weighted by molar-refractivity contribution is 5.75. The molecule has 0 aliphatic carbocycles. The van der Waals surface area contributed by atoms with E-state index in [9.17, 15) is 13.6 Å². The lowest BCUT2D eigenvalue weighted by Gasteiger charge is -2.26. The van der Waals surface area contributed by atoms with E-state index in [0.717, 1.165) is 23.6 Å². The maximum absolute atomic E-state index is 14.7. The first kappa shape index (κ1) is 27.1. The van der Waals surface area contributed by atoms with Crippen LogP contribution in [0, 0.1) is 6.92 Å². The van der Waals surface area contributed by atoms with Crippen molar-refractivity contribution >= 4 is 5.97 Å². The topological polar surface area (TPSA) is 88.7 Å². The van der Waals surface area contributed by atoms with Gasteiger partial charge in [0.05, 0.1) is 19.2 Å². The Morgan fingerprint density at radius 1 is 1.08 bits per heavy atom. The minimum atomic E-state index is -3.08. The molecule has 1 heterocycles. The second-order valence-corrected chi connectivity index (χ2v) is 9.29. The van der Waals surface area contributed by atoms with Crippen LogP contribution in [0.5, 0.6) is 0 Å². The molecule has 0 fully saturated rings. The van der Waals surface area contributed by atoms with E-state index in [1.807, 2.05) is 43.3 Å². The minimum Gasteiger partial charge on any atom is -0.480 e. The fraction of sp³-hybridized carbons (Fsp3) is 0.276. The second kappa shape index (κ2) is 11.2. The van der Waals surface area contributed by atoms with Gasteiger partial charge in [0.1, 0.15) is 0 Å². The fourth-order valence-electron chi connectivity index (χ4n) is 4.42. The van der Waals surface area contributed by atoms with Gasteiger partial charge in [0.15, 0.2) is 0 Å². The van der Waals surface area contributed by atoms with E-state index in [4.69, 9.17) is 14.4 Å². The molecule has 7 nitrogen and oxygen atoms in total. The van der Waals surface area contributed by atoms with Crippen LogP contribution in [0.3, 0.4) is 0 Å². The summed E-state index contributed by atoms with van der Waals surface area (Å²) < 4.78 is 40.1. The predicted molar refractivity (Wildman–Crippen MR) is 140 cm³/mol. The zero-order valence-corrected chi connectivity index (χ0v) is 21.6. The SMILES string of the molecule is COCC(c1ccc(-c2noc(-c3ccc(-c4ccccc4C)c(C(C)(F)F)c3)n2)cc1)N(C)CC(=O)O. The Morgan fingerprint density at radius 3 is 2.39 bits per heavy atom. The third kappa shape index (κ3) is 5.95. The number of ether oxygens (including phenoxy) is 1. The summed E-state index contributed by atoms with van der Waals surface area (Å²) in [6.07, 6.45) is 0. The molecule has 0 bridgehead atoms. The first-order valence-electron chi connectivity index (χ1n) is 12.0. The molecule has 0 saturated carbocycles. The van der Waals surface area contributed by atoms with Crippen LogP contribution in [0.4, 0.5) is 8.78 Å². The number of alkyl halides is 2. The molecular formula is C29H29F2N3O4. The summed E-state index contributed by atoms with van der Waals surface area (Å²) in [5, 5.41) is 13.2. The summed E-state index contributed by atoms with van der Waals surface area (Å²) in [6.45, 7) is 2.95. The number of carboxylic acid groups (broad SMARTS) is 1. The van der Waals surface area contributed by atoms with Gasteiger partial charge in [0.2, 0.25) is 5.82 Å². The van der Waals surface area contributed by atoms with Gasteiger partial charge in [-0.25, -0.2) is 8.78 Å². The third-order valence-electron chi connectivity index (χ3n) is 6.40. The van der Waals surface area contributed by atoms with E-state index in [-0.39, 0.29) is 24.0 Å². The van der Waals surface area contributed by atoms with E-state index in [1.165, 1.54) is 6.07 Å². The maximum Gasteiger partial charge on any atom is 0.317 e. The molecule has 1 aromatic heterocycles. The number of likely N-dealkylation sites (N-methyl/N-ethyl adjacent to an activating group) is 1. The van der Waals surface area contributed by atoms with Crippen molar-refractivity contribution in [3.63, 3.8) is 0 Å². The number of benzene rings is 3. The molecule has 0 aliphatic rings. The Bertz CT molecular complexity index is 1410. The molecule has 3 aromatic carbocycles. The number of halogens is 2. The Kier molecular flexibility index (Phi) is 7.99. The van der Waals surface area contributed by atoms with Crippen LogP contribution in [0.1, 0.15) is 29.7 Å². The van der Waals surface area contributed by atoms with Crippen LogP contribution < -0.4 is 0 Å². The average Bonchev–Trinajstić information content (AvgIpc) is 3.37. The van der Waals surface area contributed by atoms with Crippen LogP contribution in [0.2, 0.25) is 0 Å². The second-order valence-electron chi connectivity index (χ2n) is 9.29. The number of aromatic nitrogens is 2. The van der Waals surface area contributed by atoms with Crippen molar-refractivity contribution < 1.29 is 27.9 Å². The average molecular weight is 522 g/mol. The molecular weight excluding hydrogens is 492 g/mol. The van der Waals surface area contributed by atoms with E-state index >= 15 is 0 Å². The summed E-state index contributed by atoms with van der Waals surface area (Å²) >= 11 is 0. The van der Waals surface area contributed by atoms with Crippen LogP contribution in [0.25, 0.3) is 34.0 Å². The summed E-state index contributed by atoms with van der Waals surface area (Å²) in [5.74, 6) is -3.58. The molecule has 1 unspecified atom stereocenters. The fourth-order valence-corrected chi connectivity index (χ4v) is 4.42. The molecule has 0 spiro atoms. The molecule has 4 rings (SSSR count). The molecule has 0 aliphatic heterocycles. The lowest BCUT2D eigenvalue weighted by Crippen LogP contribution is -2.32. The van der Waals surface area contributed by atoms with Crippen molar-refractivity contribution in [1.29, 1.82) is 0 Å². The first-order chi connectivity index (χ1) is 18.1. The highest BCUT2D eigenvalue weighted by Crippen LogP contribution is 2.39. The molecule has 0 amide bonds. The lowest BCUT2D eigenvalue weighted by atomic mass is 9.92. The molecule has 4 aromatic rings. The van der Waals surface area contributed by atoms with Gasteiger partial charge in [0, 0.05) is 30.7 Å². The van der Waals surface area contributed by atoms with Crippen molar-refractivity contribution in [2.75, 3.05) is 27.3 Å². The Balaban J connectivity index is 1.63. The van der Waals surface area contributed by atoms with Crippen molar-refractivity contribution in [2.24, 2.45) is 0 Å². The lowest BCUT2D eigenvalue weighted by molar-refractivity contribution is -0.138. The molecule has 0 saturated heterocycles. The van der Waals surface area contributed by atoms with E-state index < -0.39 is 11.9 Å². The van der Waals surface area contributed by atoms with Gasteiger partial charge < -0.3 is 14.4 Å². The van der Waals surface area contributed by atoms with Gasteiger partial charge in [-0.15, -0.1) is 0 Å². The predicted octanol–water partition coefficient (Wildman–Crippen LogP) is 6.19. The molecule has 38 heavy (non-hydrogen) atoms. The number of rotatable bonds is 10. The van der Waals surface area contributed by atoms with Crippen molar-refractivity contribution in [2.45, 2.75) is 25.8 Å². The zero-order valence-electron chi connectivity index (χ0n) is 21.6. The van der Waals surface area contributed by atoms with E-state index in [2.05, 4.69) is 10.1 Å². The van der Waals surface area contributed by atoms with Crippen LogP contribution >= 0.6 is 0 Å². The summed E-state index contributed by atoms with van der Waals surface area (Å²) in [6, 6.07) is 19.2. The molecule has 9 heteroatoms. The summed E-state index contributed by atoms with van der Waals surface area (Å²) in [5.41, 5.74) is 3.89. The standard InChI is InChI=1S/C29H29F2N3O4/c1-18-7-5-6-8-22(18)23-14-13-21(15-24(23)29(2,30)31)28-32-27(33-38-28)20-11-9-19(10-12-20)25(17-37-4)34(3)16-26(35)36/h5-15,25H,16-17H2,1-4H3,(H,35,36). The van der Waals surface area contributed by atoms with E-state index in [0.29, 0.717) is 29.1 Å². The first-order valence-corrected chi connectivity index (χ1v) is 12.0. The molecule has 0 radical (unpaired) electrons. The number of hydrogen-bond acceptors (Lipinski definition) is 6. The highest BCUT2D eigenvalue weighted by Gasteiger charge is 2.29. The van der Waals surface area contributed by atoms with Gasteiger partial charge >= 0.3 is 5.97 Å². The third-order valence-corrected chi connectivity index (χ3v) is 6.40. The van der Waals surface area contributed by atoms with Gasteiger partial charge in [-0.1, -0.05) is 59.8 Å². The van der Waals surface area contributed by atoms with Gasteiger partial charge in [0.25, 0.3) is 11.8 Å². The molecule has 198 valence electrons. The summed E-state index contributed by atoms with van der Waals surface area (Å²) in [7, 11) is 3.28. The minimum absolute atomic E-state index is 0.122. The van der Waals surface area contributed by atoms with Gasteiger partial charge in [-0.05, 0) is 48.4 Å². The van der Waals surface area contributed by atoms with Crippen molar-refractivity contribution in [3.05, 3.63) is 83.4 Å². The number of hydrogen-bond donors (Lipinski definition) is 1. The Labute approximate surface area is 219 Å². The summed E-state index contributed by atoms with van der Waals surface area (Å²) in [4.78, 5) is 17.3.